The minimum absolute atomic E-state index is 0.0775. The minimum atomic E-state index is -1.34. The van der Waals surface area contributed by atoms with Crippen LogP contribution in [0.4, 0.5) is 0 Å². The lowest BCUT2D eigenvalue weighted by molar-refractivity contribution is -0.142. The maximum atomic E-state index is 11.7. The molecule has 0 spiro atoms. The number of halogens is 1. The molecule has 1 aliphatic carbocycles. The lowest BCUT2D eigenvalue weighted by atomic mass is 9.75. The topological polar surface area (TPSA) is 74.6 Å². The van der Waals surface area contributed by atoms with Crippen LogP contribution >= 0.6 is 22.9 Å². The Balaban J connectivity index is 2.57. The van der Waals surface area contributed by atoms with Gasteiger partial charge in [0.1, 0.15) is 5.41 Å². The van der Waals surface area contributed by atoms with E-state index in [1.807, 2.05) is 0 Å². The van der Waals surface area contributed by atoms with Gasteiger partial charge in [0.05, 0.1) is 4.34 Å². The van der Waals surface area contributed by atoms with Crippen LogP contribution in [0.3, 0.4) is 0 Å². The first-order chi connectivity index (χ1) is 8.85. The van der Waals surface area contributed by atoms with Crippen LogP contribution in [-0.4, -0.2) is 22.2 Å². The van der Waals surface area contributed by atoms with Crippen molar-refractivity contribution in [1.82, 2.24) is 0 Å². The fourth-order valence-corrected chi connectivity index (χ4v) is 3.40. The van der Waals surface area contributed by atoms with Crippen LogP contribution in [-0.2, 0) is 15.0 Å². The van der Waals surface area contributed by atoms with Gasteiger partial charge < -0.3 is 10.2 Å². The number of thiophene rings is 1. The number of carboxylic acids is 2. The molecule has 0 amide bonds. The molecular formula is C13H11ClO4S. The molecular weight excluding hydrogens is 288 g/mol. The molecule has 0 aromatic carbocycles. The highest BCUT2D eigenvalue weighted by molar-refractivity contribution is 7.16. The first kappa shape index (κ1) is 13.8. The summed E-state index contributed by atoms with van der Waals surface area (Å²) in [4.78, 5) is 23.4. The van der Waals surface area contributed by atoms with Gasteiger partial charge in [0.15, 0.2) is 0 Å². The zero-order valence-corrected chi connectivity index (χ0v) is 11.6. The molecule has 0 radical (unpaired) electrons. The molecule has 100 valence electrons. The van der Waals surface area contributed by atoms with Crippen LogP contribution in [0, 0.1) is 0 Å². The minimum Gasteiger partial charge on any atom is -0.480 e. The zero-order chi connectivity index (χ0) is 14.2. The first-order valence-electron chi connectivity index (χ1n) is 5.48. The third-order valence-corrected chi connectivity index (χ3v) is 4.42. The van der Waals surface area contributed by atoms with Gasteiger partial charge in [-0.2, -0.15) is 0 Å². The molecule has 1 aliphatic rings. The average molecular weight is 299 g/mol. The molecule has 1 atom stereocenters. The van der Waals surface area contributed by atoms with Gasteiger partial charge >= 0.3 is 11.9 Å². The Kier molecular flexibility index (Phi) is 3.52. The van der Waals surface area contributed by atoms with E-state index >= 15 is 0 Å². The van der Waals surface area contributed by atoms with Gasteiger partial charge in [-0.25, -0.2) is 4.79 Å². The predicted octanol–water partition coefficient (Wildman–Crippen LogP) is 3.08. The van der Waals surface area contributed by atoms with E-state index in [-0.39, 0.29) is 12.0 Å². The fourth-order valence-electron chi connectivity index (χ4n) is 2.20. The van der Waals surface area contributed by atoms with Crippen LogP contribution in [0.2, 0.25) is 4.34 Å². The summed E-state index contributed by atoms with van der Waals surface area (Å²) in [6, 6.07) is 3.25. The van der Waals surface area contributed by atoms with Crippen LogP contribution in [0.5, 0.6) is 0 Å². The summed E-state index contributed by atoms with van der Waals surface area (Å²) < 4.78 is 0.480. The van der Waals surface area contributed by atoms with Crippen LogP contribution in [0.25, 0.3) is 0 Å². The Morgan fingerprint density at radius 3 is 2.53 bits per heavy atom. The van der Waals surface area contributed by atoms with E-state index in [1.54, 1.807) is 25.1 Å². The highest BCUT2D eigenvalue weighted by atomic mass is 35.5. The summed E-state index contributed by atoms with van der Waals surface area (Å²) in [6.07, 6.45) is 3.01. The molecule has 0 fully saturated rings. The molecule has 6 heteroatoms. The van der Waals surface area contributed by atoms with Gasteiger partial charge in [0.25, 0.3) is 0 Å². The molecule has 1 aromatic heterocycles. The number of carbonyl (C=O) groups is 2. The lowest BCUT2D eigenvalue weighted by Gasteiger charge is -2.28. The second-order valence-corrected chi connectivity index (χ2v) is 6.14. The Morgan fingerprint density at radius 2 is 2.05 bits per heavy atom. The van der Waals surface area contributed by atoms with Crippen LogP contribution in [0.15, 0.2) is 35.4 Å². The van der Waals surface area contributed by atoms with E-state index in [1.165, 1.54) is 6.08 Å². The molecule has 19 heavy (non-hydrogen) atoms. The van der Waals surface area contributed by atoms with E-state index in [0.717, 1.165) is 11.3 Å². The molecule has 0 saturated carbocycles. The van der Waals surface area contributed by atoms with Crippen molar-refractivity contribution < 1.29 is 19.8 Å². The molecule has 1 heterocycles. The molecule has 2 N–H and O–H groups in total. The van der Waals surface area contributed by atoms with Crippen LogP contribution < -0.4 is 0 Å². The third-order valence-electron chi connectivity index (χ3n) is 3.01. The van der Waals surface area contributed by atoms with Crippen molar-refractivity contribution in [3.8, 4) is 0 Å². The van der Waals surface area contributed by atoms with E-state index < -0.39 is 17.4 Å². The summed E-state index contributed by atoms with van der Waals surface area (Å²) in [5, 5.41) is 18.7. The van der Waals surface area contributed by atoms with E-state index in [4.69, 9.17) is 16.7 Å². The monoisotopic (exact) mass is 298 g/mol. The summed E-state index contributed by atoms with van der Waals surface area (Å²) in [5.41, 5.74) is -0.632. The maximum absolute atomic E-state index is 11.7. The zero-order valence-electron chi connectivity index (χ0n) is 10.0. The Bertz CT molecular complexity index is 614. The Hall–Kier alpha value is -1.59. The molecule has 1 unspecified atom stereocenters. The van der Waals surface area contributed by atoms with Gasteiger partial charge in [-0.1, -0.05) is 23.3 Å². The molecule has 4 nitrogen and oxygen atoms in total. The Labute approximate surface area is 118 Å². The highest BCUT2D eigenvalue weighted by Crippen LogP contribution is 2.42. The quantitative estimate of drug-likeness (QED) is 0.899. The molecule has 0 saturated heterocycles. The predicted molar refractivity (Wildman–Crippen MR) is 72.7 cm³/mol. The number of aliphatic carboxylic acids is 2. The number of hydrogen-bond acceptors (Lipinski definition) is 3. The Morgan fingerprint density at radius 1 is 1.37 bits per heavy atom. The van der Waals surface area contributed by atoms with Gasteiger partial charge in [-0.3, -0.25) is 4.79 Å². The normalized spacial score (nSPS) is 22.6. The van der Waals surface area contributed by atoms with Crippen molar-refractivity contribution in [3.63, 3.8) is 0 Å². The fraction of sp³-hybridized carbons (Fsp3) is 0.231. The number of carboxylic acid groups (broad SMARTS) is 2. The van der Waals surface area contributed by atoms with E-state index in [0.29, 0.717) is 14.8 Å². The standard InChI is InChI=1S/C13H11ClO4S/c1-7-4-8(11(15)16)6-13(5-7,12(17)18)9-2-3-10(14)19-9/h2-5H,6H2,1H3,(H,15,16)(H,17,18). The SMILES string of the molecule is CC1=CC(C(=O)O)(c2ccc(Cl)s2)CC(C(=O)O)=C1. The van der Waals surface area contributed by atoms with Gasteiger partial charge in [0.2, 0.25) is 0 Å². The molecule has 0 aliphatic heterocycles. The molecule has 2 rings (SSSR count). The van der Waals surface area contributed by atoms with Gasteiger partial charge in [-0.15, -0.1) is 11.3 Å². The average Bonchev–Trinajstić information content (AvgIpc) is 2.75. The first-order valence-corrected chi connectivity index (χ1v) is 6.67. The van der Waals surface area contributed by atoms with Crippen molar-refractivity contribution in [3.05, 3.63) is 44.6 Å². The van der Waals surface area contributed by atoms with Crippen molar-refractivity contribution in [2.45, 2.75) is 18.8 Å². The van der Waals surface area contributed by atoms with Crippen molar-refractivity contribution in [2.24, 2.45) is 0 Å². The van der Waals surface area contributed by atoms with Crippen LogP contribution in [0.1, 0.15) is 18.2 Å². The van der Waals surface area contributed by atoms with E-state index in [9.17, 15) is 14.7 Å². The van der Waals surface area contributed by atoms with Gasteiger partial charge in [0, 0.05) is 16.9 Å². The van der Waals surface area contributed by atoms with Crippen molar-refractivity contribution in [1.29, 1.82) is 0 Å². The maximum Gasteiger partial charge on any atom is 0.331 e. The lowest BCUT2D eigenvalue weighted by Crippen LogP contribution is -2.36. The third kappa shape index (κ3) is 2.43. The molecule has 1 aromatic rings. The molecule has 0 bridgehead atoms. The summed E-state index contributed by atoms with van der Waals surface area (Å²) >= 11 is 7.01. The highest BCUT2D eigenvalue weighted by Gasteiger charge is 2.43. The second kappa shape index (κ2) is 4.83. The number of allylic oxidation sites excluding steroid dienone is 2. The summed E-state index contributed by atoms with van der Waals surface area (Å²) in [6.45, 7) is 1.69. The van der Waals surface area contributed by atoms with Crippen molar-refractivity contribution >= 4 is 34.9 Å². The smallest absolute Gasteiger partial charge is 0.331 e. The summed E-state index contributed by atoms with van der Waals surface area (Å²) in [5.74, 6) is -2.17. The largest absolute Gasteiger partial charge is 0.480 e. The summed E-state index contributed by atoms with van der Waals surface area (Å²) in [7, 11) is 0. The second-order valence-electron chi connectivity index (χ2n) is 4.42. The number of hydrogen-bond donors (Lipinski definition) is 2. The number of rotatable bonds is 3. The van der Waals surface area contributed by atoms with E-state index in [2.05, 4.69) is 0 Å². The van der Waals surface area contributed by atoms with Gasteiger partial charge in [-0.05, 0) is 25.1 Å². The van der Waals surface area contributed by atoms with Crippen molar-refractivity contribution in [2.75, 3.05) is 0 Å².